The fourth-order valence-corrected chi connectivity index (χ4v) is 3.08. The van der Waals surface area contributed by atoms with E-state index in [0.29, 0.717) is 18.5 Å². The number of amides is 3. The van der Waals surface area contributed by atoms with Crippen molar-refractivity contribution in [2.75, 3.05) is 6.54 Å². The van der Waals surface area contributed by atoms with Crippen LogP contribution >= 0.6 is 0 Å². The second kappa shape index (κ2) is 6.27. The summed E-state index contributed by atoms with van der Waals surface area (Å²) in [6, 6.07) is 3.85. The molecule has 1 fully saturated rings. The van der Waals surface area contributed by atoms with Crippen molar-refractivity contribution in [1.29, 1.82) is 0 Å². The monoisotopic (exact) mass is 328 g/mol. The number of benzene rings is 1. The van der Waals surface area contributed by atoms with Gasteiger partial charge in [0.15, 0.2) is 0 Å². The number of hydrogen-bond donors (Lipinski definition) is 2. The van der Waals surface area contributed by atoms with Gasteiger partial charge in [-0.3, -0.25) is 19.3 Å². The highest BCUT2D eigenvalue weighted by atomic mass is 16.4. The van der Waals surface area contributed by atoms with Gasteiger partial charge in [-0.15, -0.1) is 0 Å². The number of carbonyl (C=O) groups is 4. The first kappa shape index (κ1) is 15.9. The fourth-order valence-electron chi connectivity index (χ4n) is 3.08. The zero-order valence-electron chi connectivity index (χ0n) is 12.8. The van der Waals surface area contributed by atoms with Crippen LogP contribution in [0.25, 0.3) is 6.08 Å². The van der Waals surface area contributed by atoms with Crippen LogP contribution < -0.4 is 5.32 Å². The summed E-state index contributed by atoms with van der Waals surface area (Å²) >= 11 is 0. The molecular weight excluding hydrogens is 312 g/mol. The average molecular weight is 328 g/mol. The van der Waals surface area contributed by atoms with Gasteiger partial charge in [0, 0.05) is 12.6 Å². The molecular formula is C17H16N2O5. The Bertz CT molecular complexity index is 768. The number of imide groups is 1. The van der Waals surface area contributed by atoms with Crippen molar-refractivity contribution >= 4 is 29.8 Å². The van der Waals surface area contributed by atoms with E-state index in [1.807, 2.05) is 0 Å². The molecule has 0 aromatic heterocycles. The third kappa shape index (κ3) is 2.68. The van der Waals surface area contributed by atoms with Crippen LogP contribution in [0.4, 0.5) is 0 Å². The molecule has 1 unspecified atom stereocenters. The quantitative estimate of drug-likeness (QED) is 0.637. The Hall–Kier alpha value is -2.96. The zero-order valence-corrected chi connectivity index (χ0v) is 12.8. The van der Waals surface area contributed by atoms with E-state index in [4.69, 9.17) is 5.11 Å². The summed E-state index contributed by atoms with van der Waals surface area (Å²) in [5, 5.41) is 11.5. The van der Waals surface area contributed by atoms with Crippen molar-refractivity contribution < 1.29 is 24.3 Å². The maximum Gasteiger partial charge on any atom is 0.328 e. The van der Waals surface area contributed by atoms with Crippen molar-refractivity contribution in [3.05, 3.63) is 41.0 Å². The standard InChI is InChI=1S/C17H16N2O5/c20-13(21)8-7-10-4-3-5-11-14(10)17(24)19(16(11)23)12-6-1-2-9-18-15(12)22/h3-5,7-8,12H,1-2,6,9H2,(H,18,22)(H,20,21). The highest BCUT2D eigenvalue weighted by molar-refractivity contribution is 6.24. The SMILES string of the molecule is O=C(O)C=Cc1cccc2c1C(=O)N(C1CCCCNC1=O)C2=O. The van der Waals surface area contributed by atoms with Crippen LogP contribution in [0.5, 0.6) is 0 Å². The predicted octanol–water partition coefficient (Wildman–Crippen LogP) is 1.05. The van der Waals surface area contributed by atoms with Gasteiger partial charge in [0.2, 0.25) is 5.91 Å². The van der Waals surface area contributed by atoms with Gasteiger partial charge < -0.3 is 10.4 Å². The molecule has 2 N–H and O–H groups in total. The number of aliphatic carboxylic acids is 1. The smallest absolute Gasteiger partial charge is 0.328 e. The van der Waals surface area contributed by atoms with Crippen LogP contribution in [0.2, 0.25) is 0 Å². The average Bonchev–Trinajstić information content (AvgIpc) is 2.70. The summed E-state index contributed by atoms with van der Waals surface area (Å²) in [4.78, 5) is 49.3. The third-order valence-corrected chi connectivity index (χ3v) is 4.20. The van der Waals surface area contributed by atoms with E-state index in [2.05, 4.69) is 5.32 Å². The first-order valence-corrected chi connectivity index (χ1v) is 7.70. The molecule has 1 aromatic rings. The number of nitrogens with one attached hydrogen (secondary N) is 1. The molecule has 3 amide bonds. The second-order valence-electron chi connectivity index (χ2n) is 5.72. The predicted molar refractivity (Wildman–Crippen MR) is 84.3 cm³/mol. The fraction of sp³-hybridized carbons (Fsp3) is 0.294. The summed E-state index contributed by atoms with van der Waals surface area (Å²) in [5.74, 6) is -2.54. The molecule has 24 heavy (non-hydrogen) atoms. The molecule has 0 aliphatic carbocycles. The maximum atomic E-state index is 12.8. The van der Waals surface area contributed by atoms with Gasteiger partial charge >= 0.3 is 5.97 Å². The Balaban J connectivity index is 2.00. The highest BCUT2D eigenvalue weighted by Crippen LogP contribution is 2.30. The normalized spacial score (nSPS) is 20.9. The van der Waals surface area contributed by atoms with E-state index in [1.165, 1.54) is 12.1 Å². The molecule has 0 bridgehead atoms. The maximum absolute atomic E-state index is 12.8. The molecule has 1 atom stereocenters. The summed E-state index contributed by atoms with van der Waals surface area (Å²) in [5.41, 5.74) is 0.700. The third-order valence-electron chi connectivity index (χ3n) is 4.20. The molecule has 7 nitrogen and oxygen atoms in total. The number of carboxylic acids is 1. The Morgan fingerprint density at radius 1 is 1.21 bits per heavy atom. The number of carboxylic acid groups (broad SMARTS) is 1. The van der Waals surface area contributed by atoms with Crippen LogP contribution in [0.3, 0.4) is 0 Å². The van der Waals surface area contributed by atoms with Gasteiger partial charge in [-0.1, -0.05) is 12.1 Å². The summed E-state index contributed by atoms with van der Waals surface area (Å²) in [6.07, 6.45) is 4.16. The number of carbonyl (C=O) groups excluding carboxylic acids is 3. The van der Waals surface area contributed by atoms with E-state index in [-0.39, 0.29) is 17.0 Å². The van der Waals surface area contributed by atoms with Gasteiger partial charge in [0.05, 0.1) is 11.1 Å². The molecule has 3 rings (SSSR count). The summed E-state index contributed by atoms with van der Waals surface area (Å²) in [6.45, 7) is 0.533. The summed E-state index contributed by atoms with van der Waals surface area (Å²) in [7, 11) is 0. The zero-order chi connectivity index (χ0) is 17.3. The molecule has 2 aliphatic heterocycles. The van der Waals surface area contributed by atoms with Crippen molar-refractivity contribution in [3.8, 4) is 0 Å². The lowest BCUT2D eigenvalue weighted by atomic mass is 10.0. The lowest BCUT2D eigenvalue weighted by Gasteiger charge is -2.23. The number of rotatable bonds is 3. The minimum absolute atomic E-state index is 0.150. The van der Waals surface area contributed by atoms with Gasteiger partial charge in [0.1, 0.15) is 6.04 Å². The van der Waals surface area contributed by atoms with Crippen molar-refractivity contribution in [1.82, 2.24) is 10.2 Å². The lowest BCUT2D eigenvalue weighted by molar-refractivity contribution is -0.131. The molecule has 0 spiro atoms. The molecule has 124 valence electrons. The molecule has 2 aliphatic rings. The van der Waals surface area contributed by atoms with Gasteiger partial charge in [-0.05, 0) is 37.0 Å². The summed E-state index contributed by atoms with van der Waals surface area (Å²) < 4.78 is 0. The van der Waals surface area contributed by atoms with Crippen LogP contribution in [-0.2, 0) is 9.59 Å². The Morgan fingerprint density at radius 2 is 2.00 bits per heavy atom. The molecule has 1 saturated heterocycles. The van der Waals surface area contributed by atoms with Crippen molar-refractivity contribution in [3.63, 3.8) is 0 Å². The molecule has 0 radical (unpaired) electrons. The molecule has 0 saturated carbocycles. The number of fused-ring (bicyclic) bond motifs is 1. The minimum atomic E-state index is -1.15. The molecule has 7 heteroatoms. The van der Waals surface area contributed by atoms with Crippen LogP contribution in [0.15, 0.2) is 24.3 Å². The Morgan fingerprint density at radius 3 is 2.75 bits per heavy atom. The lowest BCUT2D eigenvalue weighted by Crippen LogP contribution is -2.48. The van der Waals surface area contributed by atoms with E-state index in [9.17, 15) is 19.2 Å². The first-order chi connectivity index (χ1) is 11.5. The van der Waals surface area contributed by atoms with E-state index in [1.54, 1.807) is 12.1 Å². The van der Waals surface area contributed by atoms with E-state index in [0.717, 1.165) is 23.8 Å². The van der Waals surface area contributed by atoms with E-state index >= 15 is 0 Å². The van der Waals surface area contributed by atoms with Gasteiger partial charge in [-0.25, -0.2) is 4.79 Å². The number of hydrogen-bond acceptors (Lipinski definition) is 4. The largest absolute Gasteiger partial charge is 0.478 e. The minimum Gasteiger partial charge on any atom is -0.478 e. The number of nitrogens with zero attached hydrogens (tertiary/aromatic N) is 1. The molecule has 1 aromatic carbocycles. The second-order valence-corrected chi connectivity index (χ2v) is 5.72. The Labute approximate surface area is 137 Å². The molecule has 2 heterocycles. The van der Waals surface area contributed by atoms with Crippen LogP contribution in [0.1, 0.15) is 45.5 Å². The van der Waals surface area contributed by atoms with Crippen LogP contribution in [-0.4, -0.2) is 46.3 Å². The first-order valence-electron chi connectivity index (χ1n) is 7.70. The topological polar surface area (TPSA) is 104 Å². The van der Waals surface area contributed by atoms with Gasteiger partial charge in [-0.2, -0.15) is 0 Å². The van der Waals surface area contributed by atoms with Gasteiger partial charge in [0.25, 0.3) is 11.8 Å². The van der Waals surface area contributed by atoms with E-state index < -0.39 is 23.8 Å². The van der Waals surface area contributed by atoms with Crippen molar-refractivity contribution in [2.24, 2.45) is 0 Å². The van der Waals surface area contributed by atoms with Crippen LogP contribution in [0, 0.1) is 0 Å². The van der Waals surface area contributed by atoms with Crippen molar-refractivity contribution in [2.45, 2.75) is 25.3 Å². The Kier molecular flexibility index (Phi) is 4.16. The highest BCUT2D eigenvalue weighted by Gasteiger charge is 2.43.